The lowest BCUT2D eigenvalue weighted by Gasteiger charge is -2.18. The third-order valence-corrected chi connectivity index (χ3v) is 4.13. The SMILES string of the molecule is CN=C(NCc1ccc(-n2ccnc2)c(F)c1)NC(C)c1ccccc1. The molecule has 0 spiro atoms. The molecule has 0 aliphatic rings. The smallest absolute Gasteiger partial charge is 0.191 e. The lowest BCUT2D eigenvalue weighted by molar-refractivity contribution is 0.614. The van der Waals surface area contributed by atoms with E-state index in [1.807, 2.05) is 24.3 Å². The van der Waals surface area contributed by atoms with Gasteiger partial charge < -0.3 is 15.2 Å². The number of rotatable bonds is 5. The number of nitrogens with zero attached hydrogens (tertiary/aromatic N) is 3. The first kappa shape index (κ1) is 17.7. The van der Waals surface area contributed by atoms with Gasteiger partial charge in [-0.15, -0.1) is 0 Å². The Morgan fingerprint density at radius 2 is 2.04 bits per heavy atom. The van der Waals surface area contributed by atoms with Crippen molar-refractivity contribution >= 4 is 5.96 Å². The van der Waals surface area contributed by atoms with Crippen LogP contribution in [0, 0.1) is 5.82 Å². The van der Waals surface area contributed by atoms with Crippen LogP contribution in [0.4, 0.5) is 4.39 Å². The van der Waals surface area contributed by atoms with Crippen molar-refractivity contribution in [3.05, 3.63) is 84.2 Å². The molecule has 26 heavy (non-hydrogen) atoms. The van der Waals surface area contributed by atoms with Gasteiger partial charge >= 0.3 is 0 Å². The molecule has 1 unspecified atom stereocenters. The zero-order valence-corrected chi connectivity index (χ0v) is 14.9. The fourth-order valence-electron chi connectivity index (χ4n) is 2.68. The number of halogens is 1. The van der Waals surface area contributed by atoms with Gasteiger partial charge in [0.2, 0.25) is 0 Å². The van der Waals surface area contributed by atoms with E-state index in [0.717, 1.165) is 5.56 Å². The minimum atomic E-state index is -0.289. The summed E-state index contributed by atoms with van der Waals surface area (Å²) >= 11 is 0. The maximum absolute atomic E-state index is 14.3. The van der Waals surface area contributed by atoms with E-state index in [1.54, 1.807) is 36.4 Å². The normalized spacial score (nSPS) is 12.7. The van der Waals surface area contributed by atoms with Crippen molar-refractivity contribution in [2.45, 2.75) is 19.5 Å². The minimum Gasteiger partial charge on any atom is -0.352 e. The lowest BCUT2D eigenvalue weighted by atomic mass is 10.1. The molecule has 0 saturated carbocycles. The number of nitrogens with one attached hydrogen (secondary N) is 2. The molecule has 2 N–H and O–H groups in total. The molecule has 0 fully saturated rings. The molecular weight excluding hydrogens is 329 g/mol. The van der Waals surface area contributed by atoms with Crippen molar-refractivity contribution in [1.29, 1.82) is 0 Å². The third-order valence-electron chi connectivity index (χ3n) is 4.13. The summed E-state index contributed by atoms with van der Waals surface area (Å²) in [5, 5.41) is 6.56. The van der Waals surface area contributed by atoms with Crippen LogP contribution in [0.25, 0.3) is 5.69 Å². The van der Waals surface area contributed by atoms with Crippen molar-refractivity contribution < 1.29 is 4.39 Å². The van der Waals surface area contributed by atoms with Crippen molar-refractivity contribution in [3.63, 3.8) is 0 Å². The second-order valence-corrected chi connectivity index (χ2v) is 5.96. The average Bonchev–Trinajstić information content (AvgIpc) is 3.20. The number of benzene rings is 2. The molecule has 0 bridgehead atoms. The van der Waals surface area contributed by atoms with Gasteiger partial charge in [0.05, 0.1) is 18.1 Å². The lowest BCUT2D eigenvalue weighted by Crippen LogP contribution is -2.38. The summed E-state index contributed by atoms with van der Waals surface area (Å²) in [7, 11) is 1.72. The summed E-state index contributed by atoms with van der Waals surface area (Å²) in [6.45, 7) is 2.55. The van der Waals surface area contributed by atoms with Crippen LogP contribution in [-0.2, 0) is 6.54 Å². The molecule has 1 heterocycles. The standard InChI is InChI=1S/C20H22FN5/c1-15(17-6-4-3-5-7-17)25-20(22-2)24-13-16-8-9-19(18(21)12-16)26-11-10-23-14-26/h3-12,14-15H,13H2,1-2H3,(H2,22,24,25). The van der Waals surface area contributed by atoms with E-state index in [2.05, 4.69) is 39.7 Å². The molecule has 0 amide bonds. The highest BCUT2D eigenvalue weighted by Gasteiger charge is 2.09. The maximum Gasteiger partial charge on any atom is 0.191 e. The summed E-state index contributed by atoms with van der Waals surface area (Å²) in [5.74, 6) is 0.378. The number of hydrogen-bond acceptors (Lipinski definition) is 2. The Balaban J connectivity index is 1.61. The summed E-state index contributed by atoms with van der Waals surface area (Å²) in [4.78, 5) is 8.18. The Morgan fingerprint density at radius 1 is 1.23 bits per heavy atom. The second kappa shape index (κ2) is 8.29. The summed E-state index contributed by atoms with van der Waals surface area (Å²) < 4.78 is 16.0. The highest BCUT2D eigenvalue weighted by molar-refractivity contribution is 5.80. The average molecular weight is 351 g/mol. The maximum atomic E-state index is 14.3. The van der Waals surface area contributed by atoms with Crippen molar-refractivity contribution in [3.8, 4) is 5.69 Å². The van der Waals surface area contributed by atoms with E-state index in [1.165, 1.54) is 11.6 Å². The van der Waals surface area contributed by atoms with Gasteiger partial charge in [-0.1, -0.05) is 36.4 Å². The molecule has 1 aromatic heterocycles. The van der Waals surface area contributed by atoms with Gasteiger partial charge in [0, 0.05) is 26.0 Å². The highest BCUT2D eigenvalue weighted by atomic mass is 19.1. The fourth-order valence-corrected chi connectivity index (χ4v) is 2.68. The minimum absolute atomic E-state index is 0.114. The quantitative estimate of drug-likeness (QED) is 0.547. The topological polar surface area (TPSA) is 54.2 Å². The van der Waals surface area contributed by atoms with Crippen LogP contribution in [0.3, 0.4) is 0 Å². The van der Waals surface area contributed by atoms with Crippen LogP contribution in [0.15, 0.2) is 72.2 Å². The van der Waals surface area contributed by atoms with Crippen LogP contribution in [0.5, 0.6) is 0 Å². The van der Waals surface area contributed by atoms with E-state index >= 15 is 0 Å². The third kappa shape index (κ3) is 4.27. The van der Waals surface area contributed by atoms with Gasteiger partial charge in [0.15, 0.2) is 5.96 Å². The number of imidazole rings is 1. The second-order valence-electron chi connectivity index (χ2n) is 5.96. The predicted molar refractivity (Wildman–Crippen MR) is 102 cm³/mol. The molecule has 3 aromatic rings. The molecule has 1 atom stereocenters. The number of guanidine groups is 1. The van der Waals surface area contributed by atoms with Crippen molar-refractivity contribution in [1.82, 2.24) is 20.2 Å². The Hall–Kier alpha value is -3.15. The Kier molecular flexibility index (Phi) is 5.63. The zero-order chi connectivity index (χ0) is 18.4. The predicted octanol–water partition coefficient (Wildman–Crippen LogP) is 3.44. The molecule has 134 valence electrons. The van der Waals surface area contributed by atoms with Gasteiger partial charge in [0.25, 0.3) is 0 Å². The highest BCUT2D eigenvalue weighted by Crippen LogP contribution is 2.15. The molecule has 0 saturated heterocycles. The molecule has 6 heteroatoms. The van der Waals surface area contributed by atoms with E-state index in [-0.39, 0.29) is 11.9 Å². The Labute approximate surface area is 152 Å². The van der Waals surface area contributed by atoms with Gasteiger partial charge in [-0.25, -0.2) is 9.37 Å². The first-order chi connectivity index (χ1) is 12.7. The first-order valence-electron chi connectivity index (χ1n) is 8.46. The van der Waals surface area contributed by atoms with Gasteiger partial charge in [-0.05, 0) is 30.2 Å². The molecule has 0 aliphatic carbocycles. The molecule has 3 rings (SSSR count). The fraction of sp³-hybridized carbons (Fsp3) is 0.200. The monoisotopic (exact) mass is 351 g/mol. The summed E-state index contributed by atoms with van der Waals surface area (Å²) in [5.41, 5.74) is 2.49. The van der Waals surface area contributed by atoms with E-state index in [4.69, 9.17) is 0 Å². The van der Waals surface area contributed by atoms with Crippen LogP contribution in [0.1, 0.15) is 24.1 Å². The zero-order valence-electron chi connectivity index (χ0n) is 14.9. The van der Waals surface area contributed by atoms with Crippen LogP contribution >= 0.6 is 0 Å². The molecule has 0 radical (unpaired) electrons. The number of aromatic nitrogens is 2. The van der Waals surface area contributed by atoms with Crippen LogP contribution in [-0.4, -0.2) is 22.6 Å². The van der Waals surface area contributed by atoms with Gasteiger partial charge in [0.1, 0.15) is 5.82 Å². The van der Waals surface area contributed by atoms with E-state index in [9.17, 15) is 4.39 Å². The number of hydrogen-bond donors (Lipinski definition) is 2. The van der Waals surface area contributed by atoms with Crippen LogP contribution < -0.4 is 10.6 Å². The Morgan fingerprint density at radius 3 is 2.69 bits per heavy atom. The van der Waals surface area contributed by atoms with Gasteiger partial charge in [-0.2, -0.15) is 0 Å². The molecule has 0 aliphatic heterocycles. The van der Waals surface area contributed by atoms with E-state index in [0.29, 0.717) is 18.2 Å². The summed E-state index contributed by atoms with van der Waals surface area (Å²) in [6, 6.07) is 15.4. The van der Waals surface area contributed by atoms with Crippen molar-refractivity contribution in [2.24, 2.45) is 4.99 Å². The van der Waals surface area contributed by atoms with Crippen molar-refractivity contribution in [2.75, 3.05) is 7.05 Å². The Bertz CT molecular complexity index is 859. The number of aliphatic imine (C=N–C) groups is 1. The van der Waals surface area contributed by atoms with Crippen LogP contribution in [0.2, 0.25) is 0 Å². The molecule has 5 nitrogen and oxygen atoms in total. The largest absolute Gasteiger partial charge is 0.352 e. The van der Waals surface area contributed by atoms with E-state index < -0.39 is 0 Å². The van der Waals surface area contributed by atoms with Gasteiger partial charge in [-0.3, -0.25) is 4.99 Å². The summed E-state index contributed by atoms with van der Waals surface area (Å²) in [6.07, 6.45) is 4.92. The molecule has 2 aromatic carbocycles. The first-order valence-corrected chi connectivity index (χ1v) is 8.46. The molecular formula is C20H22FN5.